The lowest BCUT2D eigenvalue weighted by molar-refractivity contribution is 0.0936. The van der Waals surface area contributed by atoms with Gasteiger partial charge < -0.3 is 15.1 Å². The molecule has 0 fully saturated rings. The number of carbonyl (C=O) groups is 2. The molecule has 2 N–H and O–H groups in total. The van der Waals surface area contributed by atoms with Gasteiger partial charge in [-0.25, -0.2) is 0 Å². The van der Waals surface area contributed by atoms with Gasteiger partial charge in [0.25, 0.3) is 11.8 Å². The largest absolute Gasteiger partial charge is 0.459 e. The molecule has 4 rings (SSSR count). The van der Waals surface area contributed by atoms with Crippen LogP contribution in [0, 0.1) is 0 Å². The number of fused-ring (bicyclic) bond motifs is 1. The summed E-state index contributed by atoms with van der Waals surface area (Å²) < 4.78 is 5.83. The Labute approximate surface area is 166 Å². The fraction of sp³-hybridized carbons (Fsp3) is 0.0909. The Morgan fingerprint density at radius 3 is 2.54 bits per heavy atom. The molecule has 0 aliphatic rings. The van der Waals surface area contributed by atoms with Crippen molar-refractivity contribution in [3.8, 4) is 0 Å². The van der Waals surface area contributed by atoms with Crippen LogP contribution in [0.5, 0.6) is 0 Å². The van der Waals surface area contributed by atoms with Crippen molar-refractivity contribution in [2.24, 2.45) is 0 Å². The average molecular weight is 390 g/mol. The van der Waals surface area contributed by atoms with Gasteiger partial charge in [0.05, 0.1) is 22.2 Å². The summed E-state index contributed by atoms with van der Waals surface area (Å²) in [5, 5.41) is 8.58. The molecule has 6 heteroatoms. The smallest absolute Gasteiger partial charge is 0.265 e. The minimum Gasteiger partial charge on any atom is -0.459 e. The second-order valence-electron chi connectivity index (χ2n) is 6.36. The van der Waals surface area contributed by atoms with Gasteiger partial charge in [-0.15, -0.1) is 11.3 Å². The van der Waals surface area contributed by atoms with E-state index in [-0.39, 0.29) is 17.9 Å². The van der Waals surface area contributed by atoms with E-state index in [2.05, 4.69) is 10.6 Å². The summed E-state index contributed by atoms with van der Waals surface area (Å²) in [5.74, 6) is 0.158. The van der Waals surface area contributed by atoms with Gasteiger partial charge in [0.2, 0.25) is 0 Å². The lowest BCUT2D eigenvalue weighted by Gasteiger charge is -2.14. The summed E-state index contributed by atoms with van der Waals surface area (Å²) >= 11 is 1.35. The summed E-state index contributed by atoms with van der Waals surface area (Å²) in [6, 6.07) is 19.8. The molecule has 0 spiro atoms. The van der Waals surface area contributed by atoms with E-state index in [0.29, 0.717) is 21.9 Å². The summed E-state index contributed by atoms with van der Waals surface area (Å²) in [5.41, 5.74) is 1.65. The normalized spacial score (nSPS) is 11.9. The minimum absolute atomic E-state index is 0.236. The lowest BCUT2D eigenvalue weighted by Crippen LogP contribution is -2.27. The fourth-order valence-corrected chi connectivity index (χ4v) is 3.56. The van der Waals surface area contributed by atoms with Gasteiger partial charge in [-0.3, -0.25) is 9.59 Å². The number of benzene rings is 2. The Balaban J connectivity index is 1.52. The molecule has 0 saturated heterocycles. The maximum atomic E-state index is 12.8. The Morgan fingerprint density at radius 2 is 1.75 bits per heavy atom. The Hall–Kier alpha value is -3.38. The van der Waals surface area contributed by atoms with E-state index in [9.17, 15) is 9.59 Å². The van der Waals surface area contributed by atoms with Gasteiger partial charge in [-0.2, -0.15) is 0 Å². The van der Waals surface area contributed by atoms with Gasteiger partial charge in [0, 0.05) is 5.39 Å². The van der Waals surface area contributed by atoms with E-state index < -0.39 is 0 Å². The summed E-state index contributed by atoms with van der Waals surface area (Å²) in [6.45, 7) is 1.86. The molecule has 2 heterocycles. The highest BCUT2D eigenvalue weighted by Gasteiger charge is 2.18. The Kier molecular flexibility index (Phi) is 4.95. The number of nitrogens with one attached hydrogen (secondary N) is 2. The molecule has 5 nitrogen and oxygen atoms in total. The molecule has 0 aliphatic heterocycles. The molecule has 4 aromatic rings. The molecule has 2 aromatic carbocycles. The van der Waals surface area contributed by atoms with Gasteiger partial charge >= 0.3 is 0 Å². The van der Waals surface area contributed by atoms with Gasteiger partial charge in [-0.05, 0) is 42.6 Å². The predicted molar refractivity (Wildman–Crippen MR) is 111 cm³/mol. The molecular formula is C22H18N2O3S. The van der Waals surface area contributed by atoms with Crippen molar-refractivity contribution >= 4 is 39.8 Å². The van der Waals surface area contributed by atoms with Crippen molar-refractivity contribution in [3.63, 3.8) is 0 Å². The van der Waals surface area contributed by atoms with Crippen LogP contribution in [0.3, 0.4) is 0 Å². The number of para-hydroxylation sites is 2. The SMILES string of the molecule is CC(NC(=O)c1ccccc1NC(=O)c1cccs1)c1cc2ccccc2o1. The number of furan rings is 1. The van der Waals surface area contributed by atoms with E-state index in [0.717, 1.165) is 11.0 Å². The fourth-order valence-electron chi connectivity index (χ4n) is 2.94. The highest BCUT2D eigenvalue weighted by atomic mass is 32.1. The molecule has 28 heavy (non-hydrogen) atoms. The topological polar surface area (TPSA) is 71.3 Å². The first-order valence-corrected chi connectivity index (χ1v) is 9.73. The van der Waals surface area contributed by atoms with Crippen LogP contribution >= 0.6 is 11.3 Å². The Morgan fingerprint density at radius 1 is 0.964 bits per heavy atom. The van der Waals surface area contributed by atoms with Crippen molar-refractivity contribution < 1.29 is 14.0 Å². The van der Waals surface area contributed by atoms with E-state index in [1.165, 1.54) is 11.3 Å². The molecule has 0 saturated carbocycles. The maximum absolute atomic E-state index is 12.8. The van der Waals surface area contributed by atoms with E-state index in [4.69, 9.17) is 4.42 Å². The molecular weight excluding hydrogens is 372 g/mol. The van der Waals surface area contributed by atoms with Crippen LogP contribution in [0.25, 0.3) is 11.0 Å². The second-order valence-corrected chi connectivity index (χ2v) is 7.31. The van der Waals surface area contributed by atoms with Crippen molar-refractivity contribution in [2.45, 2.75) is 13.0 Å². The first-order valence-electron chi connectivity index (χ1n) is 8.85. The van der Waals surface area contributed by atoms with Gasteiger partial charge in [-0.1, -0.05) is 36.4 Å². The van der Waals surface area contributed by atoms with Crippen LogP contribution < -0.4 is 10.6 Å². The monoisotopic (exact) mass is 390 g/mol. The number of rotatable bonds is 5. The van der Waals surface area contributed by atoms with Gasteiger partial charge in [0.15, 0.2) is 0 Å². The first-order chi connectivity index (χ1) is 13.6. The van der Waals surface area contributed by atoms with Crippen LogP contribution in [-0.2, 0) is 0 Å². The van der Waals surface area contributed by atoms with E-state index >= 15 is 0 Å². The van der Waals surface area contributed by atoms with Crippen LogP contribution in [0.15, 0.2) is 76.5 Å². The second kappa shape index (κ2) is 7.70. The van der Waals surface area contributed by atoms with E-state index in [1.807, 2.05) is 48.7 Å². The standard InChI is InChI=1S/C22H18N2O3S/c1-14(19-13-15-7-2-5-10-18(15)27-19)23-21(25)16-8-3-4-9-17(16)24-22(26)20-11-6-12-28-20/h2-14H,1H3,(H,23,25)(H,24,26). The highest BCUT2D eigenvalue weighted by molar-refractivity contribution is 7.12. The van der Waals surface area contributed by atoms with Crippen LogP contribution in [0.2, 0.25) is 0 Å². The number of amides is 2. The number of hydrogen-bond acceptors (Lipinski definition) is 4. The first kappa shape index (κ1) is 18.0. The van der Waals surface area contributed by atoms with Crippen LogP contribution in [-0.4, -0.2) is 11.8 Å². The van der Waals surface area contributed by atoms with Crippen molar-refractivity contribution in [1.29, 1.82) is 0 Å². The summed E-state index contributed by atoms with van der Waals surface area (Å²) in [6.07, 6.45) is 0. The summed E-state index contributed by atoms with van der Waals surface area (Å²) in [4.78, 5) is 25.8. The average Bonchev–Trinajstić information content (AvgIpc) is 3.38. The lowest BCUT2D eigenvalue weighted by atomic mass is 10.1. The molecule has 2 aromatic heterocycles. The molecule has 0 radical (unpaired) electrons. The third-order valence-corrected chi connectivity index (χ3v) is 5.25. The molecule has 0 aliphatic carbocycles. The zero-order valence-electron chi connectivity index (χ0n) is 15.1. The summed E-state index contributed by atoms with van der Waals surface area (Å²) in [7, 11) is 0. The number of thiophene rings is 1. The van der Waals surface area contributed by atoms with Crippen LogP contribution in [0.4, 0.5) is 5.69 Å². The van der Waals surface area contributed by atoms with Gasteiger partial charge in [0.1, 0.15) is 11.3 Å². The Bertz CT molecular complexity index is 1100. The quantitative estimate of drug-likeness (QED) is 0.490. The number of carbonyl (C=O) groups excluding carboxylic acids is 2. The zero-order valence-corrected chi connectivity index (χ0v) is 16.0. The molecule has 1 atom stereocenters. The van der Waals surface area contributed by atoms with E-state index in [1.54, 1.807) is 30.3 Å². The van der Waals surface area contributed by atoms with Crippen molar-refractivity contribution in [3.05, 3.63) is 88.3 Å². The third kappa shape index (κ3) is 3.68. The highest BCUT2D eigenvalue weighted by Crippen LogP contribution is 2.25. The third-order valence-electron chi connectivity index (χ3n) is 4.38. The molecule has 1 unspecified atom stereocenters. The predicted octanol–water partition coefficient (Wildman–Crippen LogP) is 5.24. The van der Waals surface area contributed by atoms with Crippen molar-refractivity contribution in [2.75, 3.05) is 5.32 Å². The maximum Gasteiger partial charge on any atom is 0.265 e. The molecule has 140 valence electrons. The van der Waals surface area contributed by atoms with Crippen molar-refractivity contribution in [1.82, 2.24) is 5.32 Å². The number of hydrogen-bond donors (Lipinski definition) is 2. The zero-order chi connectivity index (χ0) is 19.5. The minimum atomic E-state index is -0.319. The molecule has 2 amide bonds. The number of anilines is 1. The van der Waals surface area contributed by atoms with Crippen LogP contribution in [0.1, 0.15) is 38.8 Å². The molecule has 0 bridgehead atoms.